The van der Waals surface area contributed by atoms with Gasteiger partial charge in [-0.3, -0.25) is 0 Å². The molecule has 7 heteroatoms. The molecule has 5 nitrogen and oxygen atoms in total. The van der Waals surface area contributed by atoms with Gasteiger partial charge in [-0.05, 0) is 55.3 Å². The third-order valence-electron chi connectivity index (χ3n) is 3.01. The van der Waals surface area contributed by atoms with E-state index in [1.54, 1.807) is 26.0 Å². The molecular weight excluding hydrogens is 293 g/mol. The van der Waals surface area contributed by atoms with Crippen molar-refractivity contribution < 1.29 is 12.8 Å². The first kappa shape index (κ1) is 15.3. The summed E-state index contributed by atoms with van der Waals surface area (Å²) in [6.07, 6.45) is 0. The van der Waals surface area contributed by atoms with Crippen LogP contribution in [0.1, 0.15) is 11.1 Å². The molecule has 0 fully saturated rings. The van der Waals surface area contributed by atoms with Gasteiger partial charge in [0.15, 0.2) is 0 Å². The summed E-state index contributed by atoms with van der Waals surface area (Å²) >= 11 is 0. The summed E-state index contributed by atoms with van der Waals surface area (Å²) in [5, 5.41) is 8.13. The SMILES string of the molecule is Cc1cc(F)cc(Nc2cc(N)cc(S(N)(=O)=O)c2C)c1. The highest BCUT2D eigenvalue weighted by Gasteiger charge is 2.15. The van der Waals surface area contributed by atoms with Crippen LogP contribution >= 0.6 is 0 Å². The Bertz CT molecular complexity index is 784. The van der Waals surface area contributed by atoms with Crippen molar-refractivity contribution >= 4 is 27.1 Å². The molecule has 2 aromatic carbocycles. The third-order valence-corrected chi connectivity index (χ3v) is 4.05. The van der Waals surface area contributed by atoms with Gasteiger partial charge in [0.2, 0.25) is 10.0 Å². The lowest BCUT2D eigenvalue weighted by atomic mass is 10.1. The molecule has 0 radical (unpaired) electrons. The summed E-state index contributed by atoms with van der Waals surface area (Å²) in [5.74, 6) is -0.384. The molecule has 0 saturated heterocycles. The summed E-state index contributed by atoms with van der Waals surface area (Å²) in [6, 6.07) is 7.32. The second kappa shape index (κ2) is 5.34. The predicted octanol–water partition coefficient (Wildman–Crippen LogP) is 2.42. The normalized spacial score (nSPS) is 11.4. The molecule has 0 heterocycles. The Kier molecular flexibility index (Phi) is 3.89. The number of benzene rings is 2. The zero-order chi connectivity index (χ0) is 15.8. The van der Waals surface area contributed by atoms with Crippen LogP contribution < -0.4 is 16.2 Å². The number of nitrogen functional groups attached to an aromatic ring is 1. The van der Waals surface area contributed by atoms with Crippen molar-refractivity contribution in [2.75, 3.05) is 11.1 Å². The molecule has 0 aliphatic heterocycles. The van der Waals surface area contributed by atoms with E-state index in [0.29, 0.717) is 16.9 Å². The van der Waals surface area contributed by atoms with Gasteiger partial charge in [0, 0.05) is 17.1 Å². The molecule has 2 aromatic rings. The molecule has 0 aromatic heterocycles. The van der Waals surface area contributed by atoms with Crippen molar-refractivity contribution in [3.05, 3.63) is 47.3 Å². The van der Waals surface area contributed by atoms with Gasteiger partial charge in [0.05, 0.1) is 4.90 Å². The molecule has 112 valence electrons. The van der Waals surface area contributed by atoms with E-state index in [4.69, 9.17) is 10.9 Å². The molecular formula is C14H16FN3O2S. The molecule has 2 rings (SSSR count). The Labute approximate surface area is 122 Å². The molecule has 0 aliphatic carbocycles. The predicted molar refractivity (Wildman–Crippen MR) is 81.4 cm³/mol. The van der Waals surface area contributed by atoms with Crippen LogP contribution in [0.3, 0.4) is 0 Å². The Balaban J connectivity index is 2.52. The second-order valence-corrected chi connectivity index (χ2v) is 6.41. The van der Waals surface area contributed by atoms with Crippen molar-refractivity contribution in [2.45, 2.75) is 18.7 Å². The van der Waals surface area contributed by atoms with E-state index in [9.17, 15) is 12.8 Å². The van der Waals surface area contributed by atoms with Crippen molar-refractivity contribution in [3.8, 4) is 0 Å². The first-order chi connectivity index (χ1) is 9.66. The van der Waals surface area contributed by atoms with Crippen molar-refractivity contribution in [3.63, 3.8) is 0 Å². The summed E-state index contributed by atoms with van der Waals surface area (Å²) < 4.78 is 36.5. The molecule has 21 heavy (non-hydrogen) atoms. The van der Waals surface area contributed by atoms with Crippen LogP contribution in [0.4, 0.5) is 21.5 Å². The van der Waals surface area contributed by atoms with E-state index >= 15 is 0 Å². The Morgan fingerprint density at radius 1 is 1.10 bits per heavy atom. The Hall–Kier alpha value is -2.12. The topological polar surface area (TPSA) is 98.2 Å². The third kappa shape index (κ3) is 3.50. The van der Waals surface area contributed by atoms with Crippen LogP contribution in [0.25, 0.3) is 0 Å². The molecule has 0 unspecified atom stereocenters. The molecule has 0 aliphatic rings. The first-order valence-corrected chi connectivity index (χ1v) is 7.68. The van der Waals surface area contributed by atoms with Gasteiger partial charge in [-0.1, -0.05) is 0 Å². The minimum atomic E-state index is -3.88. The second-order valence-electron chi connectivity index (χ2n) is 4.88. The number of nitrogens with one attached hydrogen (secondary N) is 1. The Morgan fingerprint density at radius 3 is 2.33 bits per heavy atom. The van der Waals surface area contributed by atoms with Crippen LogP contribution in [0.15, 0.2) is 35.2 Å². The summed E-state index contributed by atoms with van der Waals surface area (Å²) in [7, 11) is -3.88. The number of rotatable bonds is 3. The number of sulfonamides is 1. The maximum atomic E-state index is 13.4. The maximum absolute atomic E-state index is 13.4. The van der Waals surface area contributed by atoms with Crippen LogP contribution in [-0.4, -0.2) is 8.42 Å². The highest BCUT2D eigenvalue weighted by Crippen LogP contribution is 2.29. The van der Waals surface area contributed by atoms with E-state index in [2.05, 4.69) is 5.32 Å². The van der Waals surface area contributed by atoms with Crippen LogP contribution in [0.5, 0.6) is 0 Å². The summed E-state index contributed by atoms with van der Waals surface area (Å²) in [6.45, 7) is 3.36. The lowest BCUT2D eigenvalue weighted by Crippen LogP contribution is -2.15. The van der Waals surface area contributed by atoms with Crippen molar-refractivity contribution in [1.29, 1.82) is 0 Å². The van der Waals surface area contributed by atoms with Crippen LogP contribution in [0.2, 0.25) is 0 Å². The average molecular weight is 309 g/mol. The highest BCUT2D eigenvalue weighted by atomic mass is 32.2. The quantitative estimate of drug-likeness (QED) is 0.758. The molecule has 0 atom stereocenters. The smallest absolute Gasteiger partial charge is 0.238 e. The molecule has 0 bridgehead atoms. The van der Waals surface area contributed by atoms with Crippen LogP contribution in [0, 0.1) is 19.7 Å². The monoisotopic (exact) mass is 309 g/mol. The van der Waals surface area contributed by atoms with E-state index < -0.39 is 10.0 Å². The van der Waals surface area contributed by atoms with Gasteiger partial charge in [-0.25, -0.2) is 17.9 Å². The van der Waals surface area contributed by atoms with Crippen LogP contribution in [-0.2, 0) is 10.0 Å². The van der Waals surface area contributed by atoms with Crippen molar-refractivity contribution in [2.24, 2.45) is 5.14 Å². The number of primary sulfonamides is 1. The van der Waals surface area contributed by atoms with Gasteiger partial charge < -0.3 is 11.1 Å². The summed E-state index contributed by atoms with van der Waals surface area (Å²) in [4.78, 5) is -0.0573. The number of anilines is 3. The molecule has 5 N–H and O–H groups in total. The largest absolute Gasteiger partial charge is 0.399 e. The lowest BCUT2D eigenvalue weighted by Gasteiger charge is -2.14. The standard InChI is InChI=1S/C14H16FN3O2S/c1-8-3-10(15)5-12(4-8)18-13-6-11(16)7-14(9(13)2)21(17,19)20/h3-7,18H,16H2,1-2H3,(H2,17,19,20). The number of halogens is 1. The first-order valence-electron chi connectivity index (χ1n) is 6.14. The maximum Gasteiger partial charge on any atom is 0.238 e. The molecule has 0 spiro atoms. The fourth-order valence-electron chi connectivity index (χ4n) is 2.10. The van der Waals surface area contributed by atoms with Gasteiger partial charge in [0.25, 0.3) is 0 Å². The van der Waals surface area contributed by atoms with Gasteiger partial charge in [0.1, 0.15) is 5.82 Å². The van der Waals surface area contributed by atoms with Gasteiger partial charge >= 0.3 is 0 Å². The van der Waals surface area contributed by atoms with E-state index in [-0.39, 0.29) is 16.4 Å². The minimum absolute atomic E-state index is 0.0573. The average Bonchev–Trinajstić information content (AvgIpc) is 2.30. The molecule has 0 saturated carbocycles. The zero-order valence-electron chi connectivity index (χ0n) is 11.6. The minimum Gasteiger partial charge on any atom is -0.399 e. The lowest BCUT2D eigenvalue weighted by molar-refractivity contribution is 0.597. The zero-order valence-corrected chi connectivity index (χ0v) is 12.5. The summed E-state index contributed by atoms with van der Waals surface area (Å²) in [5.41, 5.74) is 8.08. The van der Waals surface area contributed by atoms with Crippen molar-refractivity contribution in [1.82, 2.24) is 0 Å². The fraction of sp³-hybridized carbons (Fsp3) is 0.143. The van der Waals surface area contributed by atoms with Gasteiger partial charge in [-0.15, -0.1) is 0 Å². The fourth-order valence-corrected chi connectivity index (χ4v) is 2.94. The molecule has 0 amide bonds. The highest BCUT2D eigenvalue weighted by molar-refractivity contribution is 7.89. The van der Waals surface area contributed by atoms with E-state index in [0.717, 1.165) is 5.56 Å². The number of hydrogen-bond acceptors (Lipinski definition) is 4. The number of hydrogen-bond donors (Lipinski definition) is 3. The number of aryl methyl sites for hydroxylation is 1. The van der Waals surface area contributed by atoms with E-state index in [1.165, 1.54) is 18.2 Å². The van der Waals surface area contributed by atoms with E-state index in [1.807, 2.05) is 0 Å². The van der Waals surface area contributed by atoms with Gasteiger partial charge in [-0.2, -0.15) is 0 Å². The Morgan fingerprint density at radius 2 is 1.76 bits per heavy atom. The number of nitrogens with two attached hydrogens (primary N) is 2.